The Labute approximate surface area is 145 Å². The van der Waals surface area contributed by atoms with Crippen molar-refractivity contribution >= 4 is 22.6 Å². The molecule has 0 spiro atoms. The lowest BCUT2D eigenvalue weighted by Gasteiger charge is -2.04. The number of hydrogen-bond acceptors (Lipinski definition) is 4. The molecule has 0 atom stereocenters. The van der Waals surface area contributed by atoms with Crippen molar-refractivity contribution in [2.45, 2.75) is 0 Å². The highest BCUT2D eigenvalue weighted by atomic mass is 16.5. The summed E-state index contributed by atoms with van der Waals surface area (Å²) >= 11 is 0. The molecule has 0 aliphatic rings. The molecule has 0 saturated carbocycles. The third-order valence-electron chi connectivity index (χ3n) is 3.96. The summed E-state index contributed by atoms with van der Waals surface area (Å²) in [6, 6.07) is 16.3. The number of aromatic hydroxyl groups is 1. The first-order valence-corrected chi connectivity index (χ1v) is 7.78. The lowest BCUT2D eigenvalue weighted by atomic mass is 10.0. The largest absolute Gasteiger partial charge is 0.504 e. The van der Waals surface area contributed by atoms with Crippen molar-refractivity contribution < 1.29 is 19.4 Å². The zero-order valence-corrected chi connectivity index (χ0v) is 14.0. The Bertz CT molecular complexity index is 957. The number of methoxy groups -OCH3 is 2. The maximum atomic E-state index is 12.4. The van der Waals surface area contributed by atoms with Gasteiger partial charge >= 0.3 is 0 Å². The van der Waals surface area contributed by atoms with E-state index in [0.717, 1.165) is 22.1 Å². The van der Waals surface area contributed by atoms with Gasteiger partial charge in [0, 0.05) is 5.56 Å². The zero-order valence-electron chi connectivity index (χ0n) is 14.0. The summed E-state index contributed by atoms with van der Waals surface area (Å²) in [6.45, 7) is 0. The summed E-state index contributed by atoms with van der Waals surface area (Å²) in [4.78, 5) is 12.4. The number of ketones is 1. The Morgan fingerprint density at radius 2 is 1.68 bits per heavy atom. The molecule has 3 aromatic carbocycles. The number of benzene rings is 3. The molecule has 0 unspecified atom stereocenters. The van der Waals surface area contributed by atoms with Gasteiger partial charge in [-0.05, 0) is 52.7 Å². The van der Waals surface area contributed by atoms with E-state index in [1.165, 1.54) is 13.2 Å². The monoisotopic (exact) mass is 334 g/mol. The van der Waals surface area contributed by atoms with Gasteiger partial charge in [0.25, 0.3) is 0 Å². The average Bonchev–Trinajstić information content (AvgIpc) is 2.65. The summed E-state index contributed by atoms with van der Waals surface area (Å²) in [5, 5.41) is 11.8. The lowest BCUT2D eigenvalue weighted by Crippen LogP contribution is -1.94. The minimum absolute atomic E-state index is 0.0387. The first-order valence-electron chi connectivity index (χ1n) is 7.78. The second-order valence-corrected chi connectivity index (χ2v) is 5.56. The Balaban J connectivity index is 1.83. The van der Waals surface area contributed by atoms with E-state index in [9.17, 15) is 9.90 Å². The van der Waals surface area contributed by atoms with E-state index >= 15 is 0 Å². The van der Waals surface area contributed by atoms with Crippen LogP contribution in [0.5, 0.6) is 17.2 Å². The number of allylic oxidation sites excluding steroid dienone is 1. The number of phenolic OH excluding ortho intramolecular Hbond substituents is 1. The highest BCUT2D eigenvalue weighted by molar-refractivity contribution is 6.08. The second kappa shape index (κ2) is 7.09. The molecule has 0 heterocycles. The molecular weight excluding hydrogens is 316 g/mol. The average molecular weight is 334 g/mol. The van der Waals surface area contributed by atoms with Crippen LogP contribution < -0.4 is 9.47 Å². The SMILES string of the molecule is COc1ccc2cc(C(=O)C=Cc3ccc(OC)c(O)c3)ccc2c1. The van der Waals surface area contributed by atoms with Gasteiger partial charge < -0.3 is 14.6 Å². The summed E-state index contributed by atoms with van der Waals surface area (Å²) in [6.07, 6.45) is 3.16. The molecule has 4 nitrogen and oxygen atoms in total. The van der Waals surface area contributed by atoms with E-state index in [1.54, 1.807) is 37.5 Å². The highest BCUT2D eigenvalue weighted by Crippen LogP contribution is 2.27. The Morgan fingerprint density at radius 1 is 0.920 bits per heavy atom. The first kappa shape index (κ1) is 16.6. The Kier molecular flexibility index (Phi) is 4.70. The first-order chi connectivity index (χ1) is 12.1. The number of rotatable bonds is 5. The molecule has 0 bridgehead atoms. The zero-order chi connectivity index (χ0) is 17.8. The van der Waals surface area contributed by atoms with Crippen LogP contribution in [0.3, 0.4) is 0 Å². The Hall–Kier alpha value is -3.27. The van der Waals surface area contributed by atoms with E-state index in [1.807, 2.05) is 30.3 Å². The summed E-state index contributed by atoms with van der Waals surface area (Å²) in [7, 11) is 3.12. The molecule has 3 aromatic rings. The molecule has 0 aliphatic carbocycles. The van der Waals surface area contributed by atoms with E-state index < -0.39 is 0 Å². The van der Waals surface area contributed by atoms with Gasteiger partial charge in [-0.2, -0.15) is 0 Å². The van der Waals surface area contributed by atoms with Crippen molar-refractivity contribution in [1.82, 2.24) is 0 Å². The molecule has 0 amide bonds. The van der Waals surface area contributed by atoms with Crippen LogP contribution >= 0.6 is 0 Å². The number of hydrogen-bond donors (Lipinski definition) is 1. The van der Waals surface area contributed by atoms with Crippen molar-refractivity contribution in [1.29, 1.82) is 0 Å². The molecule has 0 aliphatic heterocycles. The molecule has 0 radical (unpaired) electrons. The van der Waals surface area contributed by atoms with E-state index in [-0.39, 0.29) is 11.5 Å². The van der Waals surface area contributed by atoms with Crippen molar-refractivity contribution in [2.24, 2.45) is 0 Å². The van der Waals surface area contributed by atoms with Gasteiger partial charge in [0.1, 0.15) is 5.75 Å². The minimum Gasteiger partial charge on any atom is -0.504 e. The van der Waals surface area contributed by atoms with Crippen molar-refractivity contribution in [3.05, 3.63) is 71.8 Å². The van der Waals surface area contributed by atoms with Gasteiger partial charge in [-0.1, -0.05) is 30.3 Å². The van der Waals surface area contributed by atoms with E-state index in [0.29, 0.717) is 11.3 Å². The summed E-state index contributed by atoms with van der Waals surface area (Å²) in [5.74, 6) is 1.11. The van der Waals surface area contributed by atoms with Gasteiger partial charge in [0.05, 0.1) is 14.2 Å². The van der Waals surface area contributed by atoms with Crippen molar-refractivity contribution in [3.63, 3.8) is 0 Å². The molecule has 0 saturated heterocycles. The lowest BCUT2D eigenvalue weighted by molar-refractivity contribution is 0.104. The number of ether oxygens (including phenoxy) is 2. The molecule has 25 heavy (non-hydrogen) atoms. The van der Waals surface area contributed by atoms with Crippen LogP contribution in [0, 0.1) is 0 Å². The van der Waals surface area contributed by atoms with Crippen LogP contribution in [0.1, 0.15) is 15.9 Å². The third kappa shape index (κ3) is 3.63. The standard InChI is InChI=1S/C21H18O4/c1-24-18-8-7-15-12-17(6-5-16(15)13-18)19(22)9-3-14-4-10-21(25-2)20(23)11-14/h3-13,23H,1-2H3. The van der Waals surface area contributed by atoms with Gasteiger partial charge in [0.2, 0.25) is 0 Å². The van der Waals surface area contributed by atoms with Gasteiger partial charge in [0.15, 0.2) is 17.3 Å². The molecule has 126 valence electrons. The van der Waals surface area contributed by atoms with Crippen molar-refractivity contribution in [2.75, 3.05) is 14.2 Å². The molecule has 4 heteroatoms. The van der Waals surface area contributed by atoms with Crippen LogP contribution in [0.25, 0.3) is 16.8 Å². The number of carbonyl (C=O) groups is 1. The topological polar surface area (TPSA) is 55.8 Å². The maximum absolute atomic E-state index is 12.4. The number of carbonyl (C=O) groups excluding carboxylic acids is 1. The molecular formula is C21H18O4. The number of phenols is 1. The van der Waals surface area contributed by atoms with Gasteiger partial charge in [-0.3, -0.25) is 4.79 Å². The summed E-state index contributed by atoms with van der Waals surface area (Å²) in [5.41, 5.74) is 1.32. The van der Waals surface area contributed by atoms with Crippen LogP contribution in [-0.4, -0.2) is 25.1 Å². The fourth-order valence-corrected chi connectivity index (χ4v) is 2.58. The van der Waals surface area contributed by atoms with Crippen LogP contribution in [0.2, 0.25) is 0 Å². The van der Waals surface area contributed by atoms with Gasteiger partial charge in [-0.25, -0.2) is 0 Å². The number of fused-ring (bicyclic) bond motifs is 1. The van der Waals surface area contributed by atoms with Crippen LogP contribution in [0.4, 0.5) is 0 Å². The molecule has 3 rings (SSSR count). The molecule has 0 aromatic heterocycles. The van der Waals surface area contributed by atoms with Crippen LogP contribution in [-0.2, 0) is 0 Å². The minimum atomic E-state index is -0.104. The van der Waals surface area contributed by atoms with Crippen molar-refractivity contribution in [3.8, 4) is 17.2 Å². The van der Waals surface area contributed by atoms with Gasteiger partial charge in [-0.15, -0.1) is 0 Å². The smallest absolute Gasteiger partial charge is 0.185 e. The normalized spacial score (nSPS) is 11.0. The molecule has 1 N–H and O–H groups in total. The summed E-state index contributed by atoms with van der Waals surface area (Å²) < 4.78 is 10.2. The third-order valence-corrected chi connectivity index (χ3v) is 3.96. The predicted octanol–water partition coefficient (Wildman–Crippen LogP) is 4.46. The molecule has 0 fully saturated rings. The van der Waals surface area contributed by atoms with E-state index in [4.69, 9.17) is 9.47 Å². The maximum Gasteiger partial charge on any atom is 0.185 e. The fourth-order valence-electron chi connectivity index (χ4n) is 2.58. The second-order valence-electron chi connectivity index (χ2n) is 5.56. The van der Waals surface area contributed by atoms with E-state index in [2.05, 4.69) is 0 Å². The quantitative estimate of drug-likeness (QED) is 0.553. The highest BCUT2D eigenvalue weighted by Gasteiger charge is 2.05. The Morgan fingerprint density at radius 3 is 2.40 bits per heavy atom. The fraction of sp³-hybridized carbons (Fsp3) is 0.0952. The predicted molar refractivity (Wildman–Crippen MR) is 98.5 cm³/mol. The van der Waals surface area contributed by atoms with Crippen LogP contribution in [0.15, 0.2) is 60.7 Å².